The largest absolute Gasteiger partial charge is 0.490 e. The van der Waals surface area contributed by atoms with Gasteiger partial charge in [0.2, 0.25) is 0 Å². The number of hydrogen-bond acceptors (Lipinski definition) is 3. The maximum absolute atomic E-state index is 6.20. The predicted octanol–water partition coefficient (Wildman–Crippen LogP) is 6.65. The van der Waals surface area contributed by atoms with Gasteiger partial charge in [-0.3, -0.25) is 0 Å². The fourth-order valence-electron chi connectivity index (χ4n) is 6.58. The second-order valence-electron chi connectivity index (χ2n) is 9.95. The average molecular weight is 484 g/mol. The number of aryl methyl sites for hydroxylation is 1. The Morgan fingerprint density at radius 3 is 2.35 bits per heavy atom. The van der Waals surface area contributed by atoms with Crippen molar-refractivity contribution in [3.63, 3.8) is 0 Å². The highest BCUT2D eigenvalue weighted by molar-refractivity contribution is 9.10. The van der Waals surface area contributed by atoms with Gasteiger partial charge in [-0.15, -0.1) is 0 Å². The van der Waals surface area contributed by atoms with Crippen LogP contribution >= 0.6 is 15.9 Å². The fraction of sp³-hybridized carbons (Fsp3) is 0.556. The minimum Gasteiger partial charge on any atom is -0.490 e. The smallest absolute Gasteiger partial charge is 0.175 e. The molecule has 4 saturated carbocycles. The molecule has 3 nitrogen and oxygen atoms in total. The molecule has 0 amide bonds. The second kappa shape index (κ2) is 9.15. The van der Waals surface area contributed by atoms with E-state index in [1.807, 2.05) is 6.92 Å². The van der Waals surface area contributed by atoms with Gasteiger partial charge in [-0.25, -0.2) is 0 Å². The van der Waals surface area contributed by atoms with Crippen LogP contribution in [0.2, 0.25) is 0 Å². The first-order chi connectivity index (χ1) is 15.1. The standard InChI is InChI=1S/C27H34BrNO2/c1-3-30-25-14-21(13-24(28)27(25)31-16-18-6-4-5-17(2)7-18)15-29-26-22-9-19-8-20(11-22)12-23(26)10-19/h4-7,13-14,19-20,22-23,26,29H,3,8-12,15-16H2,1-2H3. The number of ether oxygens (including phenoxy) is 2. The molecule has 0 heterocycles. The number of halogens is 1. The average Bonchev–Trinajstić information content (AvgIpc) is 2.72. The second-order valence-corrected chi connectivity index (χ2v) is 10.8. The van der Waals surface area contributed by atoms with Crippen LogP contribution in [0.4, 0.5) is 0 Å². The van der Waals surface area contributed by atoms with Gasteiger partial charge in [0.1, 0.15) is 6.61 Å². The third-order valence-electron chi connectivity index (χ3n) is 7.60. The van der Waals surface area contributed by atoms with Gasteiger partial charge in [-0.1, -0.05) is 29.8 Å². The van der Waals surface area contributed by atoms with Crippen LogP contribution in [-0.4, -0.2) is 12.6 Å². The number of benzene rings is 2. The Kier molecular flexibility index (Phi) is 6.30. The maximum atomic E-state index is 6.20. The van der Waals surface area contributed by atoms with Crippen molar-refractivity contribution in [2.24, 2.45) is 23.7 Å². The lowest BCUT2D eigenvalue weighted by Gasteiger charge is -2.54. The van der Waals surface area contributed by atoms with Gasteiger partial charge in [0.25, 0.3) is 0 Å². The summed E-state index contributed by atoms with van der Waals surface area (Å²) >= 11 is 3.75. The summed E-state index contributed by atoms with van der Waals surface area (Å²) in [6.07, 6.45) is 7.30. The van der Waals surface area contributed by atoms with Gasteiger partial charge in [0.05, 0.1) is 11.1 Å². The van der Waals surface area contributed by atoms with E-state index in [4.69, 9.17) is 9.47 Å². The van der Waals surface area contributed by atoms with Crippen LogP contribution < -0.4 is 14.8 Å². The molecule has 0 saturated heterocycles. The molecule has 0 aliphatic heterocycles. The van der Waals surface area contributed by atoms with Crippen LogP contribution in [0, 0.1) is 30.6 Å². The zero-order valence-corrected chi connectivity index (χ0v) is 20.3. The lowest BCUT2D eigenvalue weighted by molar-refractivity contribution is -0.0142. The lowest BCUT2D eigenvalue weighted by atomic mass is 9.54. The van der Waals surface area contributed by atoms with Crippen LogP contribution in [0.15, 0.2) is 40.9 Å². The highest BCUT2D eigenvalue weighted by Gasteiger charge is 2.47. The Bertz CT molecular complexity index is 899. The molecule has 4 aliphatic carbocycles. The van der Waals surface area contributed by atoms with Crippen molar-refractivity contribution in [2.45, 2.75) is 65.1 Å². The van der Waals surface area contributed by atoms with Gasteiger partial charge in [-0.2, -0.15) is 0 Å². The van der Waals surface area contributed by atoms with Crippen LogP contribution in [0.25, 0.3) is 0 Å². The molecule has 6 rings (SSSR count). The summed E-state index contributed by atoms with van der Waals surface area (Å²) in [6.45, 7) is 6.18. The monoisotopic (exact) mass is 483 g/mol. The normalized spacial score (nSPS) is 28.7. The van der Waals surface area contributed by atoms with Crippen molar-refractivity contribution < 1.29 is 9.47 Å². The summed E-state index contributed by atoms with van der Waals surface area (Å²) in [4.78, 5) is 0. The van der Waals surface area contributed by atoms with E-state index in [9.17, 15) is 0 Å². The van der Waals surface area contributed by atoms with Gasteiger partial charge >= 0.3 is 0 Å². The SMILES string of the molecule is CCOc1cc(CNC2C3CC4CC(C3)CC2C4)cc(Br)c1OCc1cccc(C)c1. The third kappa shape index (κ3) is 4.66. The van der Waals surface area contributed by atoms with Crippen LogP contribution in [0.3, 0.4) is 0 Å². The van der Waals surface area contributed by atoms with Crippen molar-refractivity contribution in [3.05, 3.63) is 57.6 Å². The molecule has 4 bridgehead atoms. The Labute approximate surface area is 195 Å². The molecule has 0 spiro atoms. The van der Waals surface area contributed by atoms with Gasteiger partial charge in [-0.05, 0) is 109 Å². The molecule has 0 unspecified atom stereocenters. The van der Waals surface area contributed by atoms with Crippen molar-refractivity contribution in [3.8, 4) is 11.5 Å². The summed E-state index contributed by atoms with van der Waals surface area (Å²) in [5.41, 5.74) is 3.67. The molecular formula is C27H34BrNO2. The summed E-state index contributed by atoms with van der Waals surface area (Å²) in [6, 6.07) is 13.5. The van der Waals surface area contributed by atoms with Crippen molar-refractivity contribution in [1.82, 2.24) is 5.32 Å². The summed E-state index contributed by atoms with van der Waals surface area (Å²) in [5, 5.41) is 3.94. The van der Waals surface area contributed by atoms with E-state index >= 15 is 0 Å². The predicted molar refractivity (Wildman–Crippen MR) is 128 cm³/mol. The minimum absolute atomic E-state index is 0.533. The number of hydrogen-bond donors (Lipinski definition) is 1. The molecule has 4 heteroatoms. The van der Waals surface area contributed by atoms with E-state index in [0.29, 0.717) is 19.3 Å². The first kappa shape index (κ1) is 21.3. The molecule has 2 aromatic carbocycles. The highest BCUT2D eigenvalue weighted by atomic mass is 79.9. The van der Waals surface area contributed by atoms with Crippen molar-refractivity contribution >= 4 is 15.9 Å². The van der Waals surface area contributed by atoms with E-state index in [0.717, 1.165) is 46.2 Å². The van der Waals surface area contributed by atoms with Gasteiger partial charge in [0.15, 0.2) is 11.5 Å². The molecule has 0 radical (unpaired) electrons. The molecule has 4 aliphatic rings. The van der Waals surface area contributed by atoms with Gasteiger partial charge < -0.3 is 14.8 Å². The van der Waals surface area contributed by atoms with E-state index in [1.54, 1.807) is 0 Å². The van der Waals surface area contributed by atoms with Crippen molar-refractivity contribution in [2.75, 3.05) is 6.61 Å². The van der Waals surface area contributed by atoms with Crippen LogP contribution in [0.1, 0.15) is 55.7 Å². The Balaban J connectivity index is 1.27. The van der Waals surface area contributed by atoms with Crippen LogP contribution in [0.5, 0.6) is 11.5 Å². The van der Waals surface area contributed by atoms with E-state index in [2.05, 4.69) is 64.6 Å². The van der Waals surface area contributed by atoms with E-state index in [-0.39, 0.29) is 0 Å². The summed E-state index contributed by atoms with van der Waals surface area (Å²) < 4.78 is 13.1. The maximum Gasteiger partial charge on any atom is 0.175 e. The molecule has 1 N–H and O–H groups in total. The minimum atomic E-state index is 0.533. The zero-order valence-electron chi connectivity index (χ0n) is 18.7. The third-order valence-corrected chi connectivity index (χ3v) is 8.19. The van der Waals surface area contributed by atoms with Gasteiger partial charge in [0, 0.05) is 12.6 Å². The molecule has 31 heavy (non-hydrogen) atoms. The van der Waals surface area contributed by atoms with E-state index in [1.165, 1.54) is 48.8 Å². The summed E-state index contributed by atoms with van der Waals surface area (Å²) in [7, 11) is 0. The summed E-state index contributed by atoms with van der Waals surface area (Å²) in [5.74, 6) is 5.44. The Hall–Kier alpha value is -1.52. The topological polar surface area (TPSA) is 30.5 Å². The first-order valence-corrected chi connectivity index (χ1v) is 12.7. The molecule has 4 fully saturated rings. The zero-order chi connectivity index (χ0) is 21.4. The van der Waals surface area contributed by atoms with E-state index < -0.39 is 0 Å². The Morgan fingerprint density at radius 2 is 1.68 bits per heavy atom. The molecule has 166 valence electrons. The molecular weight excluding hydrogens is 450 g/mol. The molecule has 2 aromatic rings. The Morgan fingerprint density at radius 1 is 0.935 bits per heavy atom. The van der Waals surface area contributed by atoms with Crippen molar-refractivity contribution in [1.29, 1.82) is 0 Å². The fourth-order valence-corrected chi connectivity index (χ4v) is 7.18. The molecule has 0 aromatic heterocycles. The lowest BCUT2D eigenvalue weighted by Crippen LogP contribution is -2.54. The number of nitrogens with one attached hydrogen (secondary N) is 1. The quantitative estimate of drug-likeness (QED) is 0.455. The number of rotatable bonds is 8. The highest BCUT2D eigenvalue weighted by Crippen LogP contribution is 2.53. The first-order valence-electron chi connectivity index (χ1n) is 12.0. The van der Waals surface area contributed by atoms with Crippen LogP contribution in [-0.2, 0) is 13.2 Å². The molecule has 0 atom stereocenters.